The standard InChI is InChI=1S/C42H70O7S.K/c1-3-5-7-9-11-13-15-17-19-21-23-25-27-29-31-36-48-41(43)38-34-33-35-39(50(45,46)47)40(38)42(44)49-37-32-30-28-26-24-22-20-18-16-14-12-10-8-6-4-2;/h31-37H,3-30H2,1-2H3,(H,45,46,47);/q;+1/p-1/b36-31+,37-32+;. The first-order valence-electron chi connectivity index (χ1n) is 20.1. The van der Waals surface area contributed by atoms with Gasteiger partial charge in [0.15, 0.2) is 0 Å². The molecular weight excluding hydrogens is 688 g/mol. The predicted molar refractivity (Wildman–Crippen MR) is 204 cm³/mol. The summed E-state index contributed by atoms with van der Waals surface area (Å²) in [4.78, 5) is 24.9. The molecule has 0 heterocycles. The molecule has 0 atom stereocenters. The monoisotopic (exact) mass is 756 g/mol. The molecule has 0 fully saturated rings. The van der Waals surface area contributed by atoms with E-state index in [4.69, 9.17) is 9.47 Å². The molecule has 1 aromatic carbocycles. The summed E-state index contributed by atoms with van der Waals surface area (Å²) < 4.78 is 46.1. The Balaban J connectivity index is 0.0000250. The molecule has 0 bridgehead atoms. The summed E-state index contributed by atoms with van der Waals surface area (Å²) in [5.41, 5.74) is -0.939. The van der Waals surface area contributed by atoms with E-state index in [1.807, 2.05) is 0 Å². The molecule has 0 amide bonds. The van der Waals surface area contributed by atoms with Gasteiger partial charge in [0.25, 0.3) is 0 Å². The molecule has 286 valence electrons. The van der Waals surface area contributed by atoms with Gasteiger partial charge < -0.3 is 14.0 Å². The van der Waals surface area contributed by atoms with E-state index in [9.17, 15) is 22.6 Å². The second-order valence-electron chi connectivity index (χ2n) is 13.7. The second kappa shape index (κ2) is 34.9. The van der Waals surface area contributed by atoms with E-state index in [1.165, 1.54) is 159 Å². The molecule has 51 heavy (non-hydrogen) atoms. The van der Waals surface area contributed by atoms with Crippen LogP contribution in [0.15, 0.2) is 47.8 Å². The largest absolute Gasteiger partial charge is 1.00 e. The van der Waals surface area contributed by atoms with Crippen molar-refractivity contribution in [2.24, 2.45) is 0 Å². The molecule has 1 aromatic rings. The smallest absolute Gasteiger partial charge is 0.744 e. The van der Waals surface area contributed by atoms with Gasteiger partial charge in [0, 0.05) is 0 Å². The summed E-state index contributed by atoms with van der Waals surface area (Å²) in [6.45, 7) is 4.49. The van der Waals surface area contributed by atoms with Gasteiger partial charge in [-0.3, -0.25) is 0 Å². The molecule has 7 nitrogen and oxygen atoms in total. The Hall–Kier alpha value is -0.814. The fourth-order valence-corrected chi connectivity index (χ4v) is 6.85. The maximum Gasteiger partial charge on any atom is 1.00 e. The summed E-state index contributed by atoms with van der Waals surface area (Å²) in [6.07, 6.45) is 40.2. The molecule has 0 aromatic heterocycles. The van der Waals surface area contributed by atoms with Crippen molar-refractivity contribution in [3.8, 4) is 0 Å². The first-order chi connectivity index (χ1) is 24.3. The Bertz CT molecular complexity index is 1180. The van der Waals surface area contributed by atoms with Gasteiger partial charge in [0.2, 0.25) is 0 Å². The first-order valence-corrected chi connectivity index (χ1v) is 21.5. The Morgan fingerprint density at radius 3 is 1.24 bits per heavy atom. The fraction of sp³-hybridized carbons (Fsp3) is 0.714. The van der Waals surface area contributed by atoms with Crippen molar-refractivity contribution in [1.29, 1.82) is 0 Å². The third-order valence-corrected chi connectivity index (χ3v) is 10.1. The molecule has 0 saturated heterocycles. The minimum atomic E-state index is -5.05. The van der Waals surface area contributed by atoms with Crippen LogP contribution >= 0.6 is 0 Å². The number of carbonyl (C=O) groups is 2. The van der Waals surface area contributed by atoms with Gasteiger partial charge >= 0.3 is 63.3 Å². The zero-order valence-corrected chi connectivity index (χ0v) is 36.5. The molecule has 0 N–H and O–H groups in total. The van der Waals surface area contributed by atoms with Crippen LogP contribution < -0.4 is 51.4 Å². The van der Waals surface area contributed by atoms with E-state index in [1.54, 1.807) is 12.2 Å². The van der Waals surface area contributed by atoms with Crippen LogP contribution in [0.5, 0.6) is 0 Å². The van der Waals surface area contributed by atoms with E-state index >= 15 is 0 Å². The molecule has 0 aliphatic heterocycles. The number of carbonyl (C=O) groups excluding carboxylic acids is 2. The van der Waals surface area contributed by atoms with Gasteiger partial charge in [-0.25, -0.2) is 18.0 Å². The third-order valence-electron chi connectivity index (χ3n) is 9.21. The number of hydrogen-bond donors (Lipinski definition) is 0. The minimum absolute atomic E-state index is 0. The van der Waals surface area contributed by atoms with Crippen LogP contribution in [0.1, 0.15) is 214 Å². The van der Waals surface area contributed by atoms with Crippen LogP contribution in [0, 0.1) is 0 Å². The molecule has 9 heteroatoms. The van der Waals surface area contributed by atoms with Crippen LogP contribution in [0.4, 0.5) is 0 Å². The normalized spacial score (nSPS) is 11.7. The molecule has 0 spiro atoms. The fourth-order valence-electron chi connectivity index (χ4n) is 6.16. The second-order valence-corrected chi connectivity index (χ2v) is 15.1. The van der Waals surface area contributed by atoms with Gasteiger partial charge in [-0.05, 0) is 50.0 Å². The van der Waals surface area contributed by atoms with Crippen LogP contribution in [-0.2, 0) is 19.6 Å². The van der Waals surface area contributed by atoms with Crippen LogP contribution in [-0.4, -0.2) is 24.9 Å². The van der Waals surface area contributed by atoms with Crippen molar-refractivity contribution in [2.45, 2.75) is 199 Å². The quantitative estimate of drug-likeness (QED) is 0.0231. The average Bonchev–Trinajstić information content (AvgIpc) is 3.10. The molecule has 0 saturated carbocycles. The Morgan fingerprint density at radius 1 is 0.549 bits per heavy atom. The predicted octanol–water partition coefficient (Wildman–Crippen LogP) is 9.90. The Kier molecular flexibility index (Phi) is 34.4. The summed E-state index contributed by atoms with van der Waals surface area (Å²) in [7, 11) is -5.05. The van der Waals surface area contributed by atoms with Gasteiger partial charge in [-0.1, -0.05) is 174 Å². The Labute approximate surface area is 354 Å². The molecule has 0 aliphatic rings. The molecular formula is C42H69KO7S. The maximum atomic E-state index is 12.9. The average molecular weight is 757 g/mol. The number of allylic oxidation sites excluding steroid dienone is 2. The minimum Gasteiger partial charge on any atom is -0.744 e. The van der Waals surface area contributed by atoms with E-state index in [-0.39, 0.29) is 56.9 Å². The number of unbranched alkanes of at least 4 members (excludes halogenated alkanes) is 26. The number of rotatable bonds is 33. The van der Waals surface area contributed by atoms with Gasteiger partial charge in [-0.15, -0.1) is 0 Å². The van der Waals surface area contributed by atoms with Crippen molar-refractivity contribution in [1.82, 2.24) is 0 Å². The number of hydrogen-bond acceptors (Lipinski definition) is 7. The van der Waals surface area contributed by atoms with E-state index in [2.05, 4.69) is 13.8 Å². The summed E-state index contributed by atoms with van der Waals surface area (Å²) in [6, 6.07) is 3.49. The van der Waals surface area contributed by atoms with Crippen molar-refractivity contribution in [3.63, 3.8) is 0 Å². The number of ether oxygens (including phenoxy) is 2. The summed E-state index contributed by atoms with van der Waals surface area (Å²) in [5.74, 6) is -2.02. The Morgan fingerprint density at radius 2 is 0.882 bits per heavy atom. The zero-order valence-electron chi connectivity index (χ0n) is 32.6. The van der Waals surface area contributed by atoms with Crippen molar-refractivity contribution >= 4 is 22.1 Å². The molecule has 1 rings (SSSR count). The molecule has 0 aliphatic carbocycles. The van der Waals surface area contributed by atoms with Crippen molar-refractivity contribution in [2.75, 3.05) is 0 Å². The summed E-state index contributed by atoms with van der Waals surface area (Å²) >= 11 is 0. The van der Waals surface area contributed by atoms with Gasteiger partial charge in [-0.2, -0.15) is 0 Å². The third kappa shape index (κ3) is 27.4. The van der Waals surface area contributed by atoms with Gasteiger partial charge in [0.05, 0.1) is 28.5 Å². The summed E-state index contributed by atoms with van der Waals surface area (Å²) in [5, 5.41) is 0. The zero-order chi connectivity index (χ0) is 36.5. The maximum absolute atomic E-state index is 12.9. The van der Waals surface area contributed by atoms with Crippen molar-refractivity contribution in [3.05, 3.63) is 54.0 Å². The van der Waals surface area contributed by atoms with E-state index in [0.29, 0.717) is 6.42 Å². The number of benzene rings is 1. The van der Waals surface area contributed by atoms with E-state index in [0.717, 1.165) is 44.6 Å². The van der Waals surface area contributed by atoms with E-state index < -0.39 is 32.5 Å². The van der Waals surface area contributed by atoms with Crippen LogP contribution in [0.25, 0.3) is 0 Å². The SMILES string of the molecule is CCCCCCCCCCCCCCC/C=C/OC(=O)c1cccc(S(=O)(=O)[O-])c1C(=O)O/C=C/CCCCCCCCCCCCCCC.[K+]. The van der Waals surface area contributed by atoms with Crippen LogP contribution in [0.3, 0.4) is 0 Å². The van der Waals surface area contributed by atoms with Gasteiger partial charge in [0.1, 0.15) is 10.1 Å². The van der Waals surface area contributed by atoms with Crippen LogP contribution in [0.2, 0.25) is 0 Å². The first kappa shape index (κ1) is 50.2. The van der Waals surface area contributed by atoms with Crippen molar-refractivity contribution < 1.29 is 83.4 Å². The molecule has 0 radical (unpaired) electrons. The number of esters is 2. The topological polar surface area (TPSA) is 110 Å². The molecule has 0 unspecified atom stereocenters.